The number of likely N-dealkylation sites (tertiary alicyclic amines) is 1. The van der Waals surface area contributed by atoms with Gasteiger partial charge >= 0.3 is 0 Å². The van der Waals surface area contributed by atoms with Crippen molar-refractivity contribution in [3.05, 3.63) is 11.8 Å². The third kappa shape index (κ3) is 2.07. The Kier molecular flexibility index (Phi) is 3.08. The van der Waals surface area contributed by atoms with E-state index >= 15 is 0 Å². The molecule has 0 radical (unpaired) electrons. The van der Waals surface area contributed by atoms with Crippen molar-refractivity contribution in [3.63, 3.8) is 0 Å². The topological polar surface area (TPSA) is 29.5 Å². The lowest BCUT2D eigenvalue weighted by atomic mass is 9.85. The average molecular weight is 235 g/mol. The molecule has 0 N–H and O–H groups in total. The molecule has 3 rings (SSSR count). The van der Waals surface area contributed by atoms with E-state index in [9.17, 15) is 4.79 Å². The fourth-order valence-electron chi connectivity index (χ4n) is 3.51. The second-order valence-electron chi connectivity index (χ2n) is 5.46. The van der Waals surface area contributed by atoms with E-state index in [2.05, 4.69) is 4.90 Å². The van der Waals surface area contributed by atoms with Gasteiger partial charge in [0.05, 0.1) is 6.61 Å². The molecule has 1 saturated heterocycles. The average Bonchev–Trinajstić information content (AvgIpc) is 2.83. The van der Waals surface area contributed by atoms with Crippen LogP contribution < -0.4 is 0 Å². The van der Waals surface area contributed by atoms with Crippen molar-refractivity contribution in [2.45, 2.75) is 51.0 Å². The van der Waals surface area contributed by atoms with Gasteiger partial charge in [0.1, 0.15) is 0 Å². The number of ether oxygens (including phenoxy) is 1. The molecular weight excluding hydrogens is 214 g/mol. The van der Waals surface area contributed by atoms with Gasteiger partial charge in [0.2, 0.25) is 0 Å². The van der Waals surface area contributed by atoms with Crippen LogP contribution in [0.2, 0.25) is 0 Å². The van der Waals surface area contributed by atoms with Crippen molar-refractivity contribution in [2.75, 3.05) is 13.2 Å². The van der Waals surface area contributed by atoms with E-state index in [0.29, 0.717) is 18.4 Å². The van der Waals surface area contributed by atoms with Crippen molar-refractivity contribution in [1.82, 2.24) is 4.90 Å². The first-order chi connectivity index (χ1) is 8.36. The van der Waals surface area contributed by atoms with E-state index in [0.717, 1.165) is 25.3 Å². The molecule has 94 valence electrons. The summed E-state index contributed by atoms with van der Waals surface area (Å²) in [5.41, 5.74) is 0. The Hall–Kier alpha value is -0.990. The number of carbonyl (C=O) groups excluding carboxylic acids is 1. The molecule has 2 aliphatic heterocycles. The highest BCUT2D eigenvalue weighted by molar-refractivity contribution is 5.92. The standard InChI is InChI=1S/C14H21NO2/c16-14(13-7-3-4-10-17-13)15-9-8-11-5-1-2-6-12(11)15/h7,11-12H,1-6,8-10H2. The number of nitrogens with zero attached hydrogens (tertiary/aromatic N) is 1. The molecule has 1 amide bonds. The molecule has 0 aromatic heterocycles. The Labute approximate surface area is 103 Å². The zero-order chi connectivity index (χ0) is 11.7. The highest BCUT2D eigenvalue weighted by Gasteiger charge is 2.39. The molecule has 1 aliphatic carbocycles. The molecule has 1 saturated carbocycles. The Morgan fingerprint density at radius 1 is 1.24 bits per heavy atom. The third-order valence-electron chi connectivity index (χ3n) is 4.42. The van der Waals surface area contributed by atoms with Crippen LogP contribution in [0.25, 0.3) is 0 Å². The first-order valence-corrected chi connectivity index (χ1v) is 7.00. The summed E-state index contributed by atoms with van der Waals surface area (Å²) in [6, 6.07) is 0.502. The van der Waals surface area contributed by atoms with Gasteiger partial charge in [-0.2, -0.15) is 0 Å². The van der Waals surface area contributed by atoms with Crippen LogP contribution >= 0.6 is 0 Å². The third-order valence-corrected chi connectivity index (χ3v) is 4.42. The van der Waals surface area contributed by atoms with Gasteiger partial charge in [-0.1, -0.05) is 12.8 Å². The minimum Gasteiger partial charge on any atom is -0.488 e. The quantitative estimate of drug-likeness (QED) is 0.698. The summed E-state index contributed by atoms with van der Waals surface area (Å²) >= 11 is 0. The summed E-state index contributed by atoms with van der Waals surface area (Å²) in [5.74, 6) is 1.53. The van der Waals surface area contributed by atoms with E-state index in [1.807, 2.05) is 6.08 Å². The molecule has 0 spiro atoms. The van der Waals surface area contributed by atoms with Gasteiger partial charge in [-0.15, -0.1) is 0 Å². The predicted molar refractivity (Wildman–Crippen MR) is 65.3 cm³/mol. The molecule has 3 aliphatic rings. The van der Waals surface area contributed by atoms with Crippen molar-refractivity contribution in [2.24, 2.45) is 5.92 Å². The number of carbonyl (C=O) groups is 1. The molecule has 2 heterocycles. The Balaban J connectivity index is 1.71. The summed E-state index contributed by atoms with van der Waals surface area (Å²) in [6.07, 6.45) is 10.3. The van der Waals surface area contributed by atoms with Crippen LogP contribution in [-0.2, 0) is 9.53 Å². The maximum absolute atomic E-state index is 12.4. The Bertz CT molecular complexity index is 337. The van der Waals surface area contributed by atoms with Gasteiger partial charge in [0.15, 0.2) is 5.76 Å². The van der Waals surface area contributed by atoms with Crippen LogP contribution in [0.15, 0.2) is 11.8 Å². The summed E-state index contributed by atoms with van der Waals surface area (Å²) in [7, 11) is 0. The Morgan fingerprint density at radius 3 is 2.94 bits per heavy atom. The van der Waals surface area contributed by atoms with Crippen LogP contribution in [0, 0.1) is 5.92 Å². The Morgan fingerprint density at radius 2 is 2.12 bits per heavy atom. The smallest absolute Gasteiger partial charge is 0.288 e. The van der Waals surface area contributed by atoms with Crippen LogP contribution in [0.1, 0.15) is 44.9 Å². The van der Waals surface area contributed by atoms with E-state index < -0.39 is 0 Å². The monoisotopic (exact) mass is 235 g/mol. The maximum Gasteiger partial charge on any atom is 0.288 e. The second-order valence-corrected chi connectivity index (χ2v) is 5.46. The fourth-order valence-corrected chi connectivity index (χ4v) is 3.51. The highest BCUT2D eigenvalue weighted by atomic mass is 16.5. The van der Waals surface area contributed by atoms with E-state index in [-0.39, 0.29) is 5.91 Å². The van der Waals surface area contributed by atoms with Gasteiger partial charge in [-0.25, -0.2) is 0 Å². The number of amides is 1. The maximum atomic E-state index is 12.4. The van der Waals surface area contributed by atoms with Crippen molar-refractivity contribution in [3.8, 4) is 0 Å². The van der Waals surface area contributed by atoms with Crippen LogP contribution in [0.3, 0.4) is 0 Å². The SMILES string of the molecule is O=C(C1=CCCCO1)N1CCC2CCCCC21. The number of hydrogen-bond donors (Lipinski definition) is 0. The number of allylic oxidation sites excluding steroid dienone is 1. The molecular formula is C14H21NO2. The van der Waals surface area contributed by atoms with Crippen LogP contribution in [0.4, 0.5) is 0 Å². The molecule has 0 aromatic rings. The summed E-state index contributed by atoms with van der Waals surface area (Å²) in [6.45, 7) is 1.65. The molecule has 17 heavy (non-hydrogen) atoms. The molecule has 2 fully saturated rings. The zero-order valence-corrected chi connectivity index (χ0v) is 10.4. The van der Waals surface area contributed by atoms with Gasteiger partial charge in [-0.3, -0.25) is 4.79 Å². The van der Waals surface area contributed by atoms with Gasteiger partial charge in [0, 0.05) is 12.6 Å². The van der Waals surface area contributed by atoms with Crippen molar-refractivity contribution in [1.29, 1.82) is 0 Å². The first kappa shape index (κ1) is 11.1. The minimum atomic E-state index is 0.152. The van der Waals surface area contributed by atoms with Crippen LogP contribution in [-0.4, -0.2) is 30.0 Å². The summed E-state index contributed by atoms with van der Waals surface area (Å²) in [4.78, 5) is 14.5. The minimum absolute atomic E-state index is 0.152. The van der Waals surface area contributed by atoms with Crippen molar-refractivity contribution < 1.29 is 9.53 Å². The van der Waals surface area contributed by atoms with Gasteiger partial charge in [0.25, 0.3) is 5.91 Å². The van der Waals surface area contributed by atoms with E-state index in [1.54, 1.807) is 0 Å². The highest BCUT2D eigenvalue weighted by Crippen LogP contribution is 2.37. The molecule has 3 nitrogen and oxygen atoms in total. The van der Waals surface area contributed by atoms with E-state index in [4.69, 9.17) is 4.74 Å². The lowest BCUT2D eigenvalue weighted by molar-refractivity contribution is -0.132. The van der Waals surface area contributed by atoms with Crippen molar-refractivity contribution >= 4 is 5.91 Å². The summed E-state index contributed by atoms with van der Waals surface area (Å²) < 4.78 is 5.50. The van der Waals surface area contributed by atoms with Gasteiger partial charge < -0.3 is 9.64 Å². The molecule has 0 bridgehead atoms. The predicted octanol–water partition coefficient (Wildman–Crippen LogP) is 2.47. The second kappa shape index (κ2) is 4.71. The van der Waals surface area contributed by atoms with Gasteiger partial charge in [-0.05, 0) is 44.1 Å². The normalized spacial score (nSPS) is 32.7. The first-order valence-electron chi connectivity index (χ1n) is 7.00. The lowest BCUT2D eigenvalue weighted by Gasteiger charge is -2.32. The molecule has 2 unspecified atom stereocenters. The number of rotatable bonds is 1. The number of hydrogen-bond acceptors (Lipinski definition) is 2. The molecule has 3 heteroatoms. The van der Waals surface area contributed by atoms with Crippen LogP contribution in [0.5, 0.6) is 0 Å². The number of fused-ring (bicyclic) bond motifs is 1. The zero-order valence-electron chi connectivity index (χ0n) is 10.4. The molecule has 2 atom stereocenters. The largest absolute Gasteiger partial charge is 0.488 e. The van der Waals surface area contributed by atoms with E-state index in [1.165, 1.54) is 32.1 Å². The lowest BCUT2D eigenvalue weighted by Crippen LogP contribution is -2.40. The fraction of sp³-hybridized carbons (Fsp3) is 0.786. The molecule has 0 aromatic carbocycles. The summed E-state index contributed by atoms with van der Waals surface area (Å²) in [5, 5.41) is 0.